The van der Waals surface area contributed by atoms with Gasteiger partial charge in [0.2, 0.25) is 0 Å². The molecule has 4 rings (SSSR count). The second-order valence-corrected chi connectivity index (χ2v) is 5.97. The summed E-state index contributed by atoms with van der Waals surface area (Å²) >= 11 is 0. The van der Waals surface area contributed by atoms with E-state index >= 15 is 0 Å². The second kappa shape index (κ2) is 2.63. The van der Waals surface area contributed by atoms with Crippen molar-refractivity contribution in [2.24, 2.45) is 5.41 Å². The molecule has 0 bridgehead atoms. The van der Waals surface area contributed by atoms with Crippen molar-refractivity contribution in [1.29, 1.82) is 0 Å². The van der Waals surface area contributed by atoms with Gasteiger partial charge in [0.25, 0.3) is 0 Å². The van der Waals surface area contributed by atoms with Crippen LogP contribution in [0.4, 0.5) is 0 Å². The smallest absolute Gasteiger partial charge is 0.0921 e. The predicted molar refractivity (Wildman–Crippen MR) is 66.9 cm³/mol. The summed E-state index contributed by atoms with van der Waals surface area (Å²) < 4.78 is 0. The molecular weight excluding hydrogens is 208 g/mol. The fraction of sp³-hybridized carbons (Fsp3) is 0.400. The third kappa shape index (κ3) is 0.877. The van der Waals surface area contributed by atoms with Crippen LogP contribution in [0.1, 0.15) is 36.6 Å². The summed E-state index contributed by atoms with van der Waals surface area (Å²) in [4.78, 5) is 7.55. The Morgan fingerprint density at radius 1 is 1.29 bits per heavy atom. The Hall–Kier alpha value is -1.57. The largest absolute Gasteiger partial charge is 0.348 e. The maximum absolute atomic E-state index is 4.21. The maximum Gasteiger partial charge on any atom is 0.0921 e. The lowest BCUT2D eigenvalue weighted by atomic mass is 9.87. The standard InChI is InChI=1S/C15H16N2/c1-14(2)13-11-6-4-3-5-10(11)7-15(13,14)12-8-16-9-17-12/h3-6,8-9,13H,7H2,1-2H3,(H,16,17). The van der Waals surface area contributed by atoms with Gasteiger partial charge in [-0.2, -0.15) is 0 Å². The summed E-state index contributed by atoms with van der Waals surface area (Å²) in [7, 11) is 0. The van der Waals surface area contributed by atoms with E-state index < -0.39 is 0 Å². The van der Waals surface area contributed by atoms with Gasteiger partial charge in [0.05, 0.1) is 6.33 Å². The maximum atomic E-state index is 4.21. The van der Waals surface area contributed by atoms with Crippen LogP contribution in [-0.4, -0.2) is 9.97 Å². The van der Waals surface area contributed by atoms with Crippen LogP contribution in [0.15, 0.2) is 36.8 Å². The van der Waals surface area contributed by atoms with Crippen LogP contribution < -0.4 is 0 Å². The first-order chi connectivity index (χ1) is 8.18. The summed E-state index contributed by atoms with van der Waals surface area (Å²) in [5.74, 6) is 0.659. The van der Waals surface area contributed by atoms with Crippen LogP contribution in [0.2, 0.25) is 0 Å². The molecule has 1 saturated carbocycles. The molecule has 1 aromatic carbocycles. The average Bonchev–Trinajstić information content (AvgIpc) is 2.78. The van der Waals surface area contributed by atoms with Gasteiger partial charge in [-0.05, 0) is 23.0 Å². The molecular formula is C15H16N2. The zero-order valence-corrected chi connectivity index (χ0v) is 10.2. The van der Waals surface area contributed by atoms with Crippen LogP contribution in [-0.2, 0) is 11.8 Å². The molecule has 0 spiro atoms. The lowest BCUT2D eigenvalue weighted by Gasteiger charge is -2.18. The third-order valence-corrected chi connectivity index (χ3v) is 5.10. The Morgan fingerprint density at radius 3 is 2.88 bits per heavy atom. The van der Waals surface area contributed by atoms with Gasteiger partial charge in [-0.3, -0.25) is 0 Å². The first-order valence-corrected chi connectivity index (χ1v) is 6.24. The van der Waals surface area contributed by atoms with Crippen LogP contribution in [0.25, 0.3) is 0 Å². The van der Waals surface area contributed by atoms with E-state index in [0.717, 1.165) is 6.42 Å². The number of aromatic amines is 1. The van der Waals surface area contributed by atoms with E-state index in [1.165, 1.54) is 11.3 Å². The monoisotopic (exact) mass is 224 g/mol. The molecule has 1 fully saturated rings. The zero-order chi connectivity index (χ0) is 11.7. The number of nitrogens with zero attached hydrogens (tertiary/aromatic N) is 1. The molecule has 2 atom stereocenters. The summed E-state index contributed by atoms with van der Waals surface area (Å²) in [5, 5.41) is 0. The molecule has 17 heavy (non-hydrogen) atoms. The van der Waals surface area contributed by atoms with Gasteiger partial charge in [-0.15, -0.1) is 0 Å². The highest BCUT2D eigenvalue weighted by molar-refractivity contribution is 5.56. The van der Waals surface area contributed by atoms with E-state index in [0.29, 0.717) is 11.3 Å². The molecule has 1 heterocycles. The Kier molecular flexibility index (Phi) is 1.47. The highest BCUT2D eigenvalue weighted by atomic mass is 14.9. The number of benzene rings is 1. The lowest BCUT2D eigenvalue weighted by Crippen LogP contribution is -2.17. The number of hydrogen-bond donors (Lipinski definition) is 1. The van der Waals surface area contributed by atoms with Gasteiger partial charge in [0, 0.05) is 23.2 Å². The highest BCUT2D eigenvalue weighted by Gasteiger charge is 2.75. The van der Waals surface area contributed by atoms with E-state index in [1.54, 1.807) is 11.9 Å². The van der Waals surface area contributed by atoms with Gasteiger partial charge < -0.3 is 4.98 Å². The van der Waals surface area contributed by atoms with Crippen LogP contribution in [0.5, 0.6) is 0 Å². The van der Waals surface area contributed by atoms with Crippen molar-refractivity contribution in [2.45, 2.75) is 31.6 Å². The molecule has 2 nitrogen and oxygen atoms in total. The van der Waals surface area contributed by atoms with E-state index in [2.05, 4.69) is 48.1 Å². The Labute approximate surface area is 101 Å². The van der Waals surface area contributed by atoms with E-state index in [1.807, 2.05) is 6.20 Å². The Morgan fingerprint density at radius 2 is 2.12 bits per heavy atom. The fourth-order valence-electron chi connectivity index (χ4n) is 4.21. The fourth-order valence-corrected chi connectivity index (χ4v) is 4.21. The summed E-state index contributed by atoms with van der Waals surface area (Å²) in [6, 6.07) is 8.89. The van der Waals surface area contributed by atoms with Gasteiger partial charge in [0.15, 0.2) is 0 Å². The van der Waals surface area contributed by atoms with Crippen molar-refractivity contribution in [3.8, 4) is 0 Å². The number of hydrogen-bond acceptors (Lipinski definition) is 1. The van der Waals surface area contributed by atoms with Gasteiger partial charge in [0.1, 0.15) is 0 Å². The molecule has 0 saturated heterocycles. The number of imidazole rings is 1. The quantitative estimate of drug-likeness (QED) is 0.792. The van der Waals surface area contributed by atoms with E-state index in [4.69, 9.17) is 0 Å². The molecule has 2 aliphatic rings. The predicted octanol–water partition coefficient (Wildman–Crippen LogP) is 3.03. The number of nitrogens with one attached hydrogen (secondary N) is 1. The van der Waals surface area contributed by atoms with Crippen molar-refractivity contribution in [2.75, 3.05) is 0 Å². The first kappa shape index (κ1) is 9.46. The van der Waals surface area contributed by atoms with Crippen molar-refractivity contribution < 1.29 is 0 Å². The second-order valence-electron chi connectivity index (χ2n) is 5.97. The number of H-pyrrole nitrogens is 1. The average molecular weight is 224 g/mol. The summed E-state index contributed by atoms with van der Waals surface area (Å²) in [5.41, 5.74) is 5.00. The topological polar surface area (TPSA) is 28.7 Å². The molecule has 2 aromatic rings. The Bertz CT molecular complexity index is 583. The normalized spacial score (nSPS) is 32.0. The van der Waals surface area contributed by atoms with Crippen molar-refractivity contribution in [1.82, 2.24) is 9.97 Å². The van der Waals surface area contributed by atoms with Crippen LogP contribution >= 0.6 is 0 Å². The third-order valence-electron chi connectivity index (χ3n) is 5.10. The summed E-state index contributed by atoms with van der Waals surface area (Å²) in [6.45, 7) is 4.77. The molecule has 1 aromatic heterocycles. The van der Waals surface area contributed by atoms with Gasteiger partial charge in [-0.1, -0.05) is 38.1 Å². The zero-order valence-electron chi connectivity index (χ0n) is 10.2. The molecule has 1 N–H and O–H groups in total. The molecule has 2 heteroatoms. The van der Waals surface area contributed by atoms with Crippen molar-refractivity contribution >= 4 is 0 Å². The minimum absolute atomic E-state index is 0.271. The Balaban J connectivity index is 1.92. The molecule has 86 valence electrons. The minimum Gasteiger partial charge on any atom is -0.348 e. The lowest BCUT2D eigenvalue weighted by molar-refractivity contribution is 0.480. The van der Waals surface area contributed by atoms with Crippen LogP contribution in [0, 0.1) is 5.41 Å². The summed E-state index contributed by atoms with van der Waals surface area (Å²) in [6.07, 6.45) is 4.97. The SMILES string of the molecule is CC1(C)C2c3ccccc3CC21c1cnc[nH]1. The molecule has 0 radical (unpaired) electrons. The molecule has 0 aliphatic heterocycles. The molecule has 0 amide bonds. The minimum atomic E-state index is 0.271. The number of fused-ring (bicyclic) bond motifs is 3. The van der Waals surface area contributed by atoms with Crippen LogP contribution in [0.3, 0.4) is 0 Å². The van der Waals surface area contributed by atoms with Crippen molar-refractivity contribution in [3.05, 3.63) is 53.6 Å². The van der Waals surface area contributed by atoms with Gasteiger partial charge in [-0.25, -0.2) is 4.98 Å². The molecule has 2 unspecified atom stereocenters. The van der Waals surface area contributed by atoms with Gasteiger partial charge >= 0.3 is 0 Å². The first-order valence-electron chi connectivity index (χ1n) is 6.24. The number of rotatable bonds is 1. The molecule has 2 aliphatic carbocycles. The van der Waals surface area contributed by atoms with Crippen molar-refractivity contribution in [3.63, 3.8) is 0 Å². The van der Waals surface area contributed by atoms with E-state index in [-0.39, 0.29) is 5.41 Å². The van der Waals surface area contributed by atoms with E-state index in [9.17, 15) is 0 Å². The number of aromatic nitrogens is 2. The highest BCUT2D eigenvalue weighted by Crippen LogP contribution is 2.78.